The molecule has 10 nitrogen and oxygen atoms in total. The van der Waals surface area contributed by atoms with E-state index in [1.807, 2.05) is 41.8 Å². The van der Waals surface area contributed by atoms with Gasteiger partial charge in [-0.15, -0.1) is 0 Å². The molecule has 1 atom stereocenters. The maximum atomic E-state index is 14.3. The van der Waals surface area contributed by atoms with Crippen molar-refractivity contribution in [1.82, 2.24) is 19.8 Å². The van der Waals surface area contributed by atoms with Gasteiger partial charge in [0, 0.05) is 48.7 Å². The van der Waals surface area contributed by atoms with Crippen LogP contribution in [0.1, 0.15) is 61.5 Å². The minimum absolute atomic E-state index is 0.0258. The van der Waals surface area contributed by atoms with Crippen molar-refractivity contribution in [2.45, 2.75) is 70.9 Å². The molecule has 1 aromatic heterocycles. The first-order valence-corrected chi connectivity index (χ1v) is 16.6. The number of amides is 2. The lowest BCUT2D eigenvalue weighted by molar-refractivity contribution is -0.155. The van der Waals surface area contributed by atoms with Crippen LogP contribution >= 0.6 is 0 Å². The molecule has 2 fully saturated rings. The molecule has 1 aliphatic carbocycles. The Kier molecular flexibility index (Phi) is 7.63. The number of aromatic nitrogens is 2. The highest BCUT2D eigenvalue weighted by atomic mass is 32.2. The molecule has 1 saturated carbocycles. The smallest absolute Gasteiger partial charge is 0.264 e. The Morgan fingerprint density at radius 1 is 1.07 bits per heavy atom. The highest BCUT2D eigenvalue weighted by Gasteiger charge is 2.56. The molecule has 2 amide bonds. The van der Waals surface area contributed by atoms with Gasteiger partial charge < -0.3 is 14.5 Å². The molecular weight excluding hydrogens is 578 g/mol. The van der Waals surface area contributed by atoms with E-state index in [-0.39, 0.29) is 58.6 Å². The Morgan fingerprint density at radius 2 is 1.75 bits per heavy atom. The summed E-state index contributed by atoms with van der Waals surface area (Å²) in [5.41, 5.74) is 3.72. The van der Waals surface area contributed by atoms with E-state index in [1.165, 1.54) is 12.1 Å². The summed E-state index contributed by atoms with van der Waals surface area (Å²) in [4.78, 5) is 38.9. The SMILES string of the molecule is CC(=O)N1CC2(CC(N3C(=O)c4cccc(c4)S(=O)(=O)Nc4nc(cc(-c5c(C)cccc5C)n4)OC[C@H]3CC(C)C)C2)C1. The molecule has 3 aromatic rings. The normalized spacial score (nSPS) is 20.9. The van der Waals surface area contributed by atoms with E-state index in [1.54, 1.807) is 25.1 Å². The number of nitrogens with zero attached hydrogens (tertiary/aromatic N) is 4. The summed E-state index contributed by atoms with van der Waals surface area (Å²) in [7, 11) is -4.13. The van der Waals surface area contributed by atoms with E-state index < -0.39 is 10.0 Å². The maximum Gasteiger partial charge on any atom is 0.264 e. The van der Waals surface area contributed by atoms with Crippen molar-refractivity contribution in [3.63, 3.8) is 0 Å². The van der Waals surface area contributed by atoms with Crippen LogP contribution in [0, 0.1) is 25.2 Å². The molecule has 44 heavy (non-hydrogen) atoms. The van der Waals surface area contributed by atoms with Crippen LogP contribution in [0.2, 0.25) is 0 Å². The summed E-state index contributed by atoms with van der Waals surface area (Å²) in [6.07, 6.45) is 2.25. The maximum absolute atomic E-state index is 14.3. The van der Waals surface area contributed by atoms with Crippen molar-refractivity contribution >= 4 is 27.8 Å². The van der Waals surface area contributed by atoms with E-state index in [0.29, 0.717) is 30.8 Å². The van der Waals surface area contributed by atoms with Crippen LogP contribution in [0.15, 0.2) is 53.4 Å². The number of nitrogens with one attached hydrogen (secondary N) is 1. The van der Waals surface area contributed by atoms with E-state index in [4.69, 9.17) is 4.74 Å². The van der Waals surface area contributed by atoms with Gasteiger partial charge in [-0.3, -0.25) is 9.59 Å². The highest BCUT2D eigenvalue weighted by molar-refractivity contribution is 7.92. The number of carbonyl (C=O) groups is 2. The fraction of sp³-hybridized carbons (Fsp3) is 0.455. The molecule has 0 unspecified atom stereocenters. The predicted octanol–water partition coefficient (Wildman–Crippen LogP) is 4.82. The number of sulfonamides is 1. The fourth-order valence-corrected chi connectivity index (χ4v) is 8.00. The highest BCUT2D eigenvalue weighted by Crippen LogP contribution is 2.51. The number of ether oxygens (including phenoxy) is 1. The van der Waals surface area contributed by atoms with Crippen molar-refractivity contribution in [1.29, 1.82) is 0 Å². The molecule has 3 aliphatic rings. The third-order valence-electron chi connectivity index (χ3n) is 9.08. The van der Waals surface area contributed by atoms with E-state index in [2.05, 4.69) is 28.5 Å². The number of benzene rings is 2. The van der Waals surface area contributed by atoms with Gasteiger partial charge in [-0.05, 0) is 68.4 Å². The number of likely N-dealkylation sites (tertiary alicyclic amines) is 1. The van der Waals surface area contributed by atoms with Gasteiger partial charge in [-0.1, -0.05) is 38.1 Å². The molecule has 3 heterocycles. The second-order valence-corrected chi connectivity index (χ2v) is 14.7. The second kappa shape index (κ2) is 11.2. The molecule has 2 aliphatic heterocycles. The molecule has 11 heteroatoms. The molecule has 4 bridgehead atoms. The van der Waals surface area contributed by atoms with E-state index >= 15 is 0 Å². The summed E-state index contributed by atoms with van der Waals surface area (Å²) in [6.45, 7) is 11.4. The standard InChI is InChI=1S/C33H39N5O5S/c1-20(2)12-25-17-43-29-14-28(30-21(3)8-6-9-22(30)4)34-32(35-29)36-44(41,42)27-11-7-10-24(13-27)31(40)38(25)26-15-33(16-26)18-37(19-33)23(5)39/h6-11,13-14,20,25-26H,12,15-19H2,1-5H3,(H,34,35,36)/t25-/m1/s1. The molecule has 1 N–H and O–H groups in total. The van der Waals surface area contributed by atoms with Crippen LogP contribution in [-0.2, 0) is 14.8 Å². The zero-order valence-electron chi connectivity index (χ0n) is 25.8. The van der Waals surface area contributed by atoms with Crippen LogP contribution in [0.4, 0.5) is 5.95 Å². The second-order valence-electron chi connectivity index (χ2n) is 13.1. The van der Waals surface area contributed by atoms with Crippen molar-refractivity contribution in [2.75, 3.05) is 24.4 Å². The third kappa shape index (κ3) is 5.65. The minimum atomic E-state index is -4.13. The first-order valence-electron chi connectivity index (χ1n) is 15.1. The van der Waals surface area contributed by atoms with Gasteiger partial charge in [0.1, 0.15) is 6.61 Å². The quantitative estimate of drug-likeness (QED) is 0.446. The number of hydrogen-bond donors (Lipinski definition) is 1. The minimum Gasteiger partial charge on any atom is -0.475 e. The molecule has 2 aromatic carbocycles. The lowest BCUT2D eigenvalue weighted by Crippen LogP contribution is -2.69. The van der Waals surface area contributed by atoms with Crippen LogP contribution in [0.25, 0.3) is 11.3 Å². The zero-order valence-corrected chi connectivity index (χ0v) is 26.6. The number of aryl methyl sites for hydroxylation is 2. The number of fused-ring (bicyclic) bond motifs is 4. The van der Waals surface area contributed by atoms with Crippen molar-refractivity contribution in [2.24, 2.45) is 11.3 Å². The molecule has 232 valence electrons. The average Bonchev–Trinajstić information content (AvgIpc) is 2.90. The Balaban J connectivity index is 1.43. The Bertz CT molecular complexity index is 1710. The Labute approximate surface area is 258 Å². The fourth-order valence-electron chi connectivity index (χ4n) is 7.01. The molecule has 1 spiro atoms. The van der Waals surface area contributed by atoms with Crippen molar-refractivity contribution in [3.05, 3.63) is 65.2 Å². The van der Waals surface area contributed by atoms with Crippen LogP contribution in [0.5, 0.6) is 5.88 Å². The largest absolute Gasteiger partial charge is 0.475 e. The van der Waals surface area contributed by atoms with Gasteiger partial charge in [0.2, 0.25) is 17.7 Å². The lowest BCUT2D eigenvalue weighted by Gasteiger charge is -2.61. The van der Waals surface area contributed by atoms with Crippen molar-refractivity contribution < 1.29 is 22.7 Å². The molecular formula is C33H39N5O5S. The van der Waals surface area contributed by atoms with Crippen LogP contribution in [-0.4, -0.2) is 71.8 Å². The van der Waals surface area contributed by atoms with Crippen molar-refractivity contribution in [3.8, 4) is 17.1 Å². The number of anilines is 1. The summed E-state index contributed by atoms with van der Waals surface area (Å²) in [5, 5.41) is 0. The monoisotopic (exact) mass is 617 g/mol. The first-order chi connectivity index (χ1) is 20.8. The van der Waals surface area contributed by atoms with Gasteiger partial charge in [0.05, 0.1) is 16.6 Å². The first kappa shape index (κ1) is 30.1. The molecule has 0 radical (unpaired) electrons. The number of rotatable bonds is 4. The number of carbonyl (C=O) groups excluding carboxylic acids is 2. The Morgan fingerprint density at radius 3 is 2.41 bits per heavy atom. The summed E-state index contributed by atoms with van der Waals surface area (Å²) < 4.78 is 36.0. The molecule has 6 rings (SSSR count). The summed E-state index contributed by atoms with van der Waals surface area (Å²) in [5.74, 6) is 0.227. The van der Waals surface area contributed by atoms with Gasteiger partial charge >= 0.3 is 0 Å². The average molecular weight is 618 g/mol. The van der Waals surface area contributed by atoms with Crippen LogP contribution < -0.4 is 9.46 Å². The van der Waals surface area contributed by atoms with Crippen LogP contribution in [0.3, 0.4) is 0 Å². The summed E-state index contributed by atoms with van der Waals surface area (Å²) >= 11 is 0. The predicted molar refractivity (Wildman–Crippen MR) is 167 cm³/mol. The van der Waals surface area contributed by atoms with Gasteiger partial charge in [0.25, 0.3) is 15.9 Å². The van der Waals surface area contributed by atoms with Gasteiger partial charge in [-0.2, -0.15) is 4.98 Å². The van der Waals surface area contributed by atoms with Gasteiger partial charge in [-0.25, -0.2) is 18.1 Å². The van der Waals surface area contributed by atoms with E-state index in [9.17, 15) is 18.0 Å². The zero-order chi connectivity index (χ0) is 31.4. The molecule has 1 saturated heterocycles. The van der Waals surface area contributed by atoms with E-state index in [0.717, 1.165) is 29.5 Å². The third-order valence-corrected chi connectivity index (χ3v) is 10.4. The number of hydrogen-bond acceptors (Lipinski definition) is 7. The van der Waals surface area contributed by atoms with Gasteiger partial charge in [0.15, 0.2) is 0 Å². The Hall–Kier alpha value is -3.99. The lowest BCUT2D eigenvalue weighted by atomic mass is 9.60. The topological polar surface area (TPSA) is 122 Å². The summed E-state index contributed by atoms with van der Waals surface area (Å²) in [6, 6.07) is 13.4.